The molecule has 0 aliphatic carbocycles. The summed E-state index contributed by atoms with van der Waals surface area (Å²) in [6.07, 6.45) is 0.119. The van der Waals surface area contributed by atoms with Gasteiger partial charge in [-0.3, -0.25) is 0 Å². The summed E-state index contributed by atoms with van der Waals surface area (Å²) in [6, 6.07) is 5.80. The second-order valence-electron chi connectivity index (χ2n) is 3.46. The highest BCUT2D eigenvalue weighted by atomic mass is 79.9. The van der Waals surface area contributed by atoms with E-state index >= 15 is 0 Å². The van der Waals surface area contributed by atoms with E-state index in [1.54, 1.807) is 6.92 Å². The third-order valence-electron chi connectivity index (χ3n) is 1.96. The summed E-state index contributed by atoms with van der Waals surface area (Å²) >= 11 is 8.94. The molecule has 0 amide bonds. The molecule has 0 saturated heterocycles. The van der Waals surface area contributed by atoms with E-state index in [1.807, 2.05) is 6.07 Å². The number of sulfonamides is 1. The lowest BCUT2D eigenvalue weighted by Crippen LogP contribution is -2.32. The molecular formula is C10H10BrClN2O2S. The molecule has 1 unspecified atom stereocenters. The Labute approximate surface area is 114 Å². The van der Waals surface area contributed by atoms with Crippen LogP contribution in [-0.2, 0) is 10.0 Å². The van der Waals surface area contributed by atoms with E-state index < -0.39 is 16.1 Å². The van der Waals surface area contributed by atoms with E-state index in [2.05, 4.69) is 20.7 Å². The predicted octanol–water partition coefficient (Wildman–Crippen LogP) is 2.68. The maximum atomic E-state index is 11.9. The average molecular weight is 338 g/mol. The number of halogens is 2. The molecule has 0 aromatic heterocycles. The van der Waals surface area contributed by atoms with Crippen LogP contribution in [0, 0.1) is 11.3 Å². The first-order valence-electron chi connectivity index (χ1n) is 4.71. The first kappa shape index (κ1) is 14.5. The Morgan fingerprint density at radius 3 is 2.76 bits per heavy atom. The van der Waals surface area contributed by atoms with Crippen molar-refractivity contribution >= 4 is 37.6 Å². The molecule has 0 bridgehead atoms. The Morgan fingerprint density at radius 1 is 1.59 bits per heavy atom. The largest absolute Gasteiger partial charge is 0.240 e. The molecule has 92 valence electrons. The van der Waals surface area contributed by atoms with Gasteiger partial charge in [0.1, 0.15) is 0 Å². The molecule has 7 heteroatoms. The fraction of sp³-hybridized carbons (Fsp3) is 0.300. The summed E-state index contributed by atoms with van der Waals surface area (Å²) in [5.74, 6) is 0. The normalized spacial score (nSPS) is 13.1. The number of nitrogens with one attached hydrogen (secondary N) is 1. The van der Waals surface area contributed by atoms with Crippen molar-refractivity contribution in [3.63, 3.8) is 0 Å². The van der Waals surface area contributed by atoms with E-state index in [4.69, 9.17) is 16.9 Å². The number of hydrogen-bond acceptors (Lipinski definition) is 3. The Hall–Kier alpha value is -0.610. The lowest BCUT2D eigenvalue weighted by molar-refractivity contribution is 0.563. The van der Waals surface area contributed by atoms with Crippen molar-refractivity contribution in [1.29, 1.82) is 5.26 Å². The molecule has 0 radical (unpaired) electrons. The molecule has 0 fully saturated rings. The van der Waals surface area contributed by atoms with Gasteiger partial charge in [-0.05, 0) is 41.1 Å². The number of nitriles is 1. The monoisotopic (exact) mass is 336 g/mol. The van der Waals surface area contributed by atoms with Crippen LogP contribution in [0.5, 0.6) is 0 Å². The molecule has 17 heavy (non-hydrogen) atoms. The van der Waals surface area contributed by atoms with Crippen LogP contribution in [0.4, 0.5) is 0 Å². The Bertz CT molecular complexity index is 554. The van der Waals surface area contributed by atoms with Crippen molar-refractivity contribution in [3.05, 3.63) is 27.7 Å². The van der Waals surface area contributed by atoms with Gasteiger partial charge >= 0.3 is 0 Å². The lowest BCUT2D eigenvalue weighted by Gasteiger charge is -2.11. The fourth-order valence-electron chi connectivity index (χ4n) is 1.16. The second kappa shape index (κ2) is 5.83. The lowest BCUT2D eigenvalue weighted by atomic mass is 10.3. The van der Waals surface area contributed by atoms with Crippen LogP contribution < -0.4 is 4.72 Å². The zero-order valence-electron chi connectivity index (χ0n) is 8.94. The fourth-order valence-corrected chi connectivity index (χ4v) is 3.07. The second-order valence-corrected chi connectivity index (χ2v) is 6.44. The maximum Gasteiger partial charge on any atom is 0.240 e. The van der Waals surface area contributed by atoms with E-state index in [0.717, 1.165) is 0 Å². The highest BCUT2D eigenvalue weighted by Gasteiger charge is 2.17. The molecular weight excluding hydrogens is 328 g/mol. The minimum Gasteiger partial charge on any atom is -0.207 e. The van der Waals surface area contributed by atoms with Gasteiger partial charge in [0.05, 0.1) is 22.4 Å². The van der Waals surface area contributed by atoms with Gasteiger partial charge in [-0.25, -0.2) is 13.1 Å². The van der Waals surface area contributed by atoms with Gasteiger partial charge < -0.3 is 0 Å². The highest BCUT2D eigenvalue weighted by molar-refractivity contribution is 9.10. The van der Waals surface area contributed by atoms with Crippen LogP contribution in [0.3, 0.4) is 0 Å². The van der Waals surface area contributed by atoms with Crippen molar-refractivity contribution in [1.82, 2.24) is 4.72 Å². The van der Waals surface area contributed by atoms with Gasteiger partial charge in [0.15, 0.2) is 0 Å². The number of hydrogen-bond donors (Lipinski definition) is 1. The first-order chi connectivity index (χ1) is 7.86. The number of nitrogens with zero attached hydrogens (tertiary/aromatic N) is 1. The van der Waals surface area contributed by atoms with Gasteiger partial charge in [0.2, 0.25) is 10.0 Å². The van der Waals surface area contributed by atoms with Crippen LogP contribution in [0.2, 0.25) is 5.02 Å². The molecule has 0 aliphatic rings. The molecule has 1 N–H and O–H groups in total. The molecule has 1 aromatic rings. The molecule has 4 nitrogen and oxygen atoms in total. The summed E-state index contributed by atoms with van der Waals surface area (Å²) in [4.78, 5) is 0.110. The van der Waals surface area contributed by atoms with Crippen molar-refractivity contribution < 1.29 is 8.42 Å². The van der Waals surface area contributed by atoms with Gasteiger partial charge in [0.25, 0.3) is 0 Å². The van der Waals surface area contributed by atoms with Crippen molar-refractivity contribution in [2.75, 3.05) is 0 Å². The van der Waals surface area contributed by atoms with Crippen LogP contribution in [-0.4, -0.2) is 14.5 Å². The summed E-state index contributed by atoms with van der Waals surface area (Å²) < 4.78 is 26.7. The van der Waals surface area contributed by atoms with E-state index in [0.29, 0.717) is 9.50 Å². The van der Waals surface area contributed by atoms with Gasteiger partial charge in [0, 0.05) is 10.5 Å². The van der Waals surface area contributed by atoms with Crippen molar-refractivity contribution in [2.45, 2.75) is 24.3 Å². The first-order valence-corrected chi connectivity index (χ1v) is 7.36. The van der Waals surface area contributed by atoms with E-state index in [-0.39, 0.29) is 11.3 Å². The van der Waals surface area contributed by atoms with Crippen LogP contribution in [0.1, 0.15) is 13.3 Å². The third-order valence-corrected chi connectivity index (χ3v) is 4.76. The Morgan fingerprint density at radius 2 is 2.24 bits per heavy atom. The molecule has 1 rings (SSSR count). The summed E-state index contributed by atoms with van der Waals surface area (Å²) in [6.45, 7) is 1.63. The molecule has 0 saturated carbocycles. The van der Waals surface area contributed by atoms with Gasteiger partial charge in [-0.15, -0.1) is 0 Å². The minimum absolute atomic E-state index is 0.110. The third kappa shape index (κ3) is 3.96. The minimum atomic E-state index is -3.61. The van der Waals surface area contributed by atoms with Crippen LogP contribution in [0.25, 0.3) is 0 Å². The van der Waals surface area contributed by atoms with E-state index in [1.165, 1.54) is 18.2 Å². The SMILES string of the molecule is CC(CC#N)NS(=O)(=O)c1ccc(Cl)c(Br)c1. The summed E-state index contributed by atoms with van der Waals surface area (Å²) in [5.41, 5.74) is 0. The van der Waals surface area contributed by atoms with Crippen LogP contribution >= 0.6 is 27.5 Å². The van der Waals surface area contributed by atoms with Gasteiger partial charge in [-0.1, -0.05) is 11.6 Å². The molecule has 1 aromatic carbocycles. The van der Waals surface area contributed by atoms with E-state index in [9.17, 15) is 8.42 Å². The van der Waals surface area contributed by atoms with Crippen LogP contribution in [0.15, 0.2) is 27.6 Å². The smallest absolute Gasteiger partial charge is 0.207 e. The van der Waals surface area contributed by atoms with Gasteiger partial charge in [-0.2, -0.15) is 5.26 Å². The number of rotatable bonds is 4. The molecule has 0 spiro atoms. The molecule has 1 atom stereocenters. The zero-order valence-corrected chi connectivity index (χ0v) is 12.1. The Balaban J connectivity index is 2.98. The van der Waals surface area contributed by atoms with Crippen molar-refractivity contribution in [2.24, 2.45) is 0 Å². The van der Waals surface area contributed by atoms with Crippen molar-refractivity contribution in [3.8, 4) is 6.07 Å². The predicted molar refractivity (Wildman–Crippen MR) is 69.2 cm³/mol. The number of benzene rings is 1. The quantitative estimate of drug-likeness (QED) is 0.918. The maximum absolute atomic E-state index is 11.9. The zero-order chi connectivity index (χ0) is 13.1. The molecule has 0 heterocycles. The summed E-state index contributed by atoms with van der Waals surface area (Å²) in [7, 11) is -3.61. The Kier molecular flexibility index (Phi) is 4.95. The standard InChI is InChI=1S/C10H10BrClN2O2S/c1-7(4-5-13)14-17(15,16)8-2-3-10(12)9(11)6-8/h2-3,6-7,14H,4H2,1H3. The topological polar surface area (TPSA) is 70.0 Å². The average Bonchev–Trinajstić information content (AvgIpc) is 2.21. The highest BCUT2D eigenvalue weighted by Crippen LogP contribution is 2.25. The molecule has 0 aliphatic heterocycles. The summed E-state index contributed by atoms with van der Waals surface area (Å²) in [5, 5.41) is 8.91.